The highest BCUT2D eigenvalue weighted by atomic mass is 79.9. The van der Waals surface area contributed by atoms with E-state index >= 15 is 0 Å². The molecule has 0 saturated carbocycles. The quantitative estimate of drug-likeness (QED) is 0.939. The maximum Gasteiger partial charge on any atom is 0.270 e. The zero-order chi connectivity index (χ0) is 13.1. The summed E-state index contributed by atoms with van der Waals surface area (Å²) in [5, 5.41) is 13.9. The molecule has 92 valence electrons. The molecule has 0 aliphatic rings. The molecule has 0 radical (unpaired) electrons. The van der Waals surface area contributed by atoms with Crippen molar-refractivity contribution < 1.29 is 4.79 Å². The fourth-order valence-electron chi connectivity index (χ4n) is 1.19. The Hall–Kier alpha value is -1.73. The molecule has 1 N–H and O–H groups in total. The molecule has 18 heavy (non-hydrogen) atoms. The molecule has 1 aromatic heterocycles. The van der Waals surface area contributed by atoms with Gasteiger partial charge in [0.1, 0.15) is 0 Å². The fourth-order valence-corrected chi connectivity index (χ4v) is 1.76. The van der Waals surface area contributed by atoms with Gasteiger partial charge in [-0.2, -0.15) is 0 Å². The number of benzene rings is 1. The van der Waals surface area contributed by atoms with Crippen LogP contribution in [-0.2, 0) is 0 Å². The molecule has 0 bridgehead atoms. The van der Waals surface area contributed by atoms with Crippen LogP contribution in [0.4, 0.5) is 5.95 Å². The van der Waals surface area contributed by atoms with Crippen molar-refractivity contribution in [3.05, 3.63) is 39.8 Å². The van der Waals surface area contributed by atoms with Gasteiger partial charge in [0.25, 0.3) is 11.9 Å². The summed E-state index contributed by atoms with van der Waals surface area (Å²) in [6.07, 6.45) is 1.36. The van der Waals surface area contributed by atoms with Gasteiger partial charge in [-0.1, -0.05) is 39.2 Å². The number of nitrogens with one attached hydrogen (secondary N) is 1. The third kappa shape index (κ3) is 2.74. The summed E-state index contributed by atoms with van der Waals surface area (Å²) in [6, 6.07) is 4.97. The molecule has 2 rings (SSSR count). The Kier molecular flexibility index (Phi) is 3.73. The molecule has 0 fully saturated rings. The lowest BCUT2D eigenvalue weighted by Crippen LogP contribution is -2.13. The largest absolute Gasteiger partial charge is 0.288 e. The van der Waals surface area contributed by atoms with Crippen molar-refractivity contribution in [2.24, 2.45) is 0 Å². The maximum atomic E-state index is 11.9. The van der Waals surface area contributed by atoms with E-state index in [2.05, 4.69) is 43.2 Å². The smallest absolute Gasteiger partial charge is 0.270 e. The zero-order valence-electron chi connectivity index (χ0n) is 8.97. The number of hydrogen-bond acceptors (Lipinski definition) is 4. The summed E-state index contributed by atoms with van der Waals surface area (Å²) >= 11 is 9.20. The van der Waals surface area contributed by atoms with Gasteiger partial charge in [-0.3, -0.25) is 10.1 Å². The van der Waals surface area contributed by atoms with Gasteiger partial charge in [0, 0.05) is 10.7 Å². The maximum absolute atomic E-state index is 11.9. The van der Waals surface area contributed by atoms with Crippen LogP contribution in [0.2, 0.25) is 5.02 Å². The van der Waals surface area contributed by atoms with Crippen molar-refractivity contribution in [1.29, 1.82) is 0 Å². The Bertz CT molecular complexity index is 612. The van der Waals surface area contributed by atoms with Crippen molar-refractivity contribution in [2.75, 3.05) is 5.32 Å². The summed E-state index contributed by atoms with van der Waals surface area (Å²) in [4.78, 5) is 13.1. The molecule has 0 unspecified atom stereocenters. The van der Waals surface area contributed by atoms with E-state index < -0.39 is 5.91 Å². The number of tetrazole rings is 1. The van der Waals surface area contributed by atoms with Gasteiger partial charge >= 0.3 is 0 Å². The van der Waals surface area contributed by atoms with Crippen LogP contribution in [-0.4, -0.2) is 26.1 Å². The SMILES string of the molecule is C=Cn1nnc(NC(=O)c2cc(Br)ccc2Cl)n1. The van der Waals surface area contributed by atoms with Crippen molar-refractivity contribution in [1.82, 2.24) is 20.2 Å². The monoisotopic (exact) mass is 327 g/mol. The molecule has 8 heteroatoms. The number of anilines is 1. The molecular weight excluding hydrogens is 322 g/mol. The number of carbonyl (C=O) groups excluding carboxylic acids is 1. The normalized spacial score (nSPS) is 10.1. The summed E-state index contributed by atoms with van der Waals surface area (Å²) < 4.78 is 0.750. The second-order valence-electron chi connectivity index (χ2n) is 3.19. The first-order valence-electron chi connectivity index (χ1n) is 4.78. The lowest BCUT2D eigenvalue weighted by atomic mass is 10.2. The van der Waals surface area contributed by atoms with E-state index in [0.29, 0.717) is 10.6 Å². The number of amides is 1. The van der Waals surface area contributed by atoms with Crippen LogP contribution in [0.25, 0.3) is 6.20 Å². The summed E-state index contributed by atoms with van der Waals surface area (Å²) in [5.74, 6) is -0.333. The van der Waals surface area contributed by atoms with Gasteiger partial charge in [-0.15, -0.1) is 9.90 Å². The van der Waals surface area contributed by atoms with Crippen molar-refractivity contribution in [3.8, 4) is 0 Å². The Balaban J connectivity index is 2.21. The van der Waals surface area contributed by atoms with Crippen LogP contribution < -0.4 is 5.32 Å². The zero-order valence-corrected chi connectivity index (χ0v) is 11.3. The van der Waals surface area contributed by atoms with Crippen molar-refractivity contribution in [3.63, 3.8) is 0 Å². The lowest BCUT2D eigenvalue weighted by Gasteiger charge is -2.03. The number of aromatic nitrogens is 4. The van der Waals surface area contributed by atoms with Gasteiger partial charge in [0.2, 0.25) is 0 Å². The van der Waals surface area contributed by atoms with Crippen molar-refractivity contribution in [2.45, 2.75) is 0 Å². The third-order valence-electron chi connectivity index (χ3n) is 1.99. The molecule has 1 heterocycles. The molecule has 0 aliphatic heterocycles. The second kappa shape index (κ2) is 5.28. The van der Waals surface area contributed by atoms with Gasteiger partial charge in [-0.25, -0.2) is 0 Å². The Morgan fingerprint density at radius 1 is 1.56 bits per heavy atom. The van der Waals surface area contributed by atoms with Gasteiger partial charge in [0.05, 0.1) is 10.6 Å². The van der Waals surface area contributed by atoms with E-state index in [1.807, 2.05) is 0 Å². The first kappa shape index (κ1) is 12.7. The minimum absolute atomic E-state index is 0.0796. The van der Waals surface area contributed by atoms with E-state index in [1.54, 1.807) is 18.2 Å². The molecule has 0 saturated heterocycles. The van der Waals surface area contributed by atoms with Gasteiger partial charge in [-0.05, 0) is 23.4 Å². The van der Waals surface area contributed by atoms with Crippen LogP contribution in [0.3, 0.4) is 0 Å². The number of carbonyl (C=O) groups is 1. The highest BCUT2D eigenvalue weighted by Crippen LogP contribution is 2.21. The van der Waals surface area contributed by atoms with Gasteiger partial charge < -0.3 is 0 Å². The summed E-state index contributed by atoms with van der Waals surface area (Å²) in [7, 11) is 0. The summed E-state index contributed by atoms with van der Waals surface area (Å²) in [5.41, 5.74) is 0.320. The standard InChI is InChI=1S/C10H7BrClN5O/c1-2-17-15-10(14-16-17)13-9(18)7-5-6(11)3-4-8(7)12/h2-5H,1H2,(H,13,15,18). The highest BCUT2D eigenvalue weighted by molar-refractivity contribution is 9.10. The molecule has 0 aliphatic carbocycles. The van der Waals surface area contributed by atoms with Crippen LogP contribution in [0.5, 0.6) is 0 Å². The number of rotatable bonds is 3. The lowest BCUT2D eigenvalue weighted by molar-refractivity contribution is 0.102. The van der Waals surface area contributed by atoms with Crippen LogP contribution >= 0.6 is 27.5 Å². The third-order valence-corrected chi connectivity index (χ3v) is 2.81. The van der Waals surface area contributed by atoms with E-state index in [4.69, 9.17) is 11.6 Å². The highest BCUT2D eigenvalue weighted by Gasteiger charge is 2.13. The fraction of sp³-hybridized carbons (Fsp3) is 0. The molecule has 1 aromatic carbocycles. The Labute approximate surface area is 116 Å². The topological polar surface area (TPSA) is 72.7 Å². The van der Waals surface area contributed by atoms with E-state index in [1.165, 1.54) is 6.20 Å². The molecular formula is C10H7BrClN5O. The Morgan fingerprint density at radius 2 is 2.33 bits per heavy atom. The first-order chi connectivity index (χ1) is 8.60. The predicted octanol–water partition coefficient (Wildman–Crippen LogP) is 2.44. The molecule has 2 aromatic rings. The summed E-state index contributed by atoms with van der Waals surface area (Å²) in [6.45, 7) is 3.47. The molecule has 6 nitrogen and oxygen atoms in total. The number of halogens is 2. The number of hydrogen-bond donors (Lipinski definition) is 1. The average molecular weight is 329 g/mol. The average Bonchev–Trinajstić information content (AvgIpc) is 2.80. The number of nitrogens with zero attached hydrogens (tertiary/aromatic N) is 4. The van der Waals surface area contributed by atoms with Crippen LogP contribution in [0, 0.1) is 0 Å². The second-order valence-corrected chi connectivity index (χ2v) is 4.52. The van der Waals surface area contributed by atoms with E-state index in [0.717, 1.165) is 9.27 Å². The van der Waals surface area contributed by atoms with E-state index in [-0.39, 0.29) is 5.95 Å². The molecule has 0 spiro atoms. The molecule has 0 atom stereocenters. The van der Waals surface area contributed by atoms with Crippen LogP contribution in [0.1, 0.15) is 10.4 Å². The minimum atomic E-state index is -0.412. The predicted molar refractivity (Wildman–Crippen MR) is 71.3 cm³/mol. The van der Waals surface area contributed by atoms with E-state index in [9.17, 15) is 4.79 Å². The molecule has 1 amide bonds. The Morgan fingerprint density at radius 3 is 3.00 bits per heavy atom. The first-order valence-corrected chi connectivity index (χ1v) is 5.95. The van der Waals surface area contributed by atoms with Crippen molar-refractivity contribution >= 4 is 45.6 Å². The minimum Gasteiger partial charge on any atom is -0.288 e. The van der Waals surface area contributed by atoms with Crippen LogP contribution in [0.15, 0.2) is 29.3 Å². The van der Waals surface area contributed by atoms with Gasteiger partial charge in [0.15, 0.2) is 0 Å².